The van der Waals surface area contributed by atoms with Gasteiger partial charge in [0.15, 0.2) is 5.13 Å². The van der Waals surface area contributed by atoms with Crippen LogP contribution < -0.4 is 5.32 Å². The molecule has 1 aromatic carbocycles. The van der Waals surface area contributed by atoms with E-state index in [9.17, 15) is 9.59 Å². The number of benzene rings is 1. The number of nitrogens with zero attached hydrogens (tertiary/aromatic N) is 2. The smallest absolute Gasteiger partial charge is 0.335 e. The molecule has 6 nitrogen and oxygen atoms in total. The minimum Gasteiger partial charge on any atom is -0.478 e. The zero-order valence-corrected chi connectivity index (χ0v) is 12.0. The molecule has 0 aliphatic rings. The number of carboxylic acids is 1. The molecule has 0 spiro atoms. The van der Waals surface area contributed by atoms with Gasteiger partial charge in [0.25, 0.3) is 0 Å². The number of carboxylic acid groups (broad SMARTS) is 1. The molecular formula is C13H15N3O3S. The van der Waals surface area contributed by atoms with Crippen molar-refractivity contribution < 1.29 is 14.7 Å². The molecule has 2 rings (SSSR count). The third-order valence-corrected chi connectivity index (χ3v) is 3.60. The first-order valence-electron chi connectivity index (χ1n) is 6.04. The second-order valence-electron chi connectivity index (χ2n) is 4.61. The van der Waals surface area contributed by atoms with Gasteiger partial charge in [-0.1, -0.05) is 11.3 Å². The van der Waals surface area contributed by atoms with Crippen molar-refractivity contribution in [1.82, 2.24) is 9.88 Å². The highest BCUT2D eigenvalue weighted by atomic mass is 32.1. The van der Waals surface area contributed by atoms with Gasteiger partial charge < -0.3 is 15.3 Å². The first-order valence-corrected chi connectivity index (χ1v) is 6.86. The highest BCUT2D eigenvalue weighted by Gasteiger charge is 2.10. The van der Waals surface area contributed by atoms with Gasteiger partial charge in [-0.25, -0.2) is 9.78 Å². The maximum Gasteiger partial charge on any atom is 0.335 e. The lowest BCUT2D eigenvalue weighted by molar-refractivity contribution is -0.116. The lowest BCUT2D eigenvalue weighted by Gasteiger charge is -2.07. The molecule has 2 N–H and O–H groups in total. The predicted octanol–water partition coefficient (Wildman–Crippen LogP) is 1.88. The van der Waals surface area contributed by atoms with Gasteiger partial charge in [-0.2, -0.15) is 0 Å². The standard InChI is InChI=1S/C13H15N3O3S/c1-16(2)6-5-11(17)15-13-14-9-4-3-8(12(18)19)7-10(9)20-13/h3-4,7H,5-6H2,1-2H3,(H,18,19)(H,14,15,17). The molecule has 0 saturated heterocycles. The van der Waals surface area contributed by atoms with E-state index in [1.165, 1.54) is 17.4 Å². The molecule has 0 bridgehead atoms. The Hall–Kier alpha value is -1.99. The van der Waals surface area contributed by atoms with Crippen LogP contribution in [0.5, 0.6) is 0 Å². The van der Waals surface area contributed by atoms with E-state index in [-0.39, 0.29) is 11.5 Å². The Morgan fingerprint density at radius 2 is 2.15 bits per heavy atom. The van der Waals surface area contributed by atoms with Crippen molar-refractivity contribution in [2.75, 3.05) is 26.0 Å². The zero-order chi connectivity index (χ0) is 14.7. The van der Waals surface area contributed by atoms with Crippen LogP contribution in [0.3, 0.4) is 0 Å². The zero-order valence-electron chi connectivity index (χ0n) is 11.2. The van der Waals surface area contributed by atoms with Gasteiger partial charge in [0.2, 0.25) is 5.91 Å². The predicted molar refractivity (Wildman–Crippen MR) is 78.4 cm³/mol. The fourth-order valence-corrected chi connectivity index (χ4v) is 2.54. The lowest BCUT2D eigenvalue weighted by Crippen LogP contribution is -2.20. The Bertz CT molecular complexity index is 651. The Labute approximate surface area is 120 Å². The number of amides is 1. The minimum absolute atomic E-state index is 0.101. The van der Waals surface area contributed by atoms with Gasteiger partial charge in [-0.3, -0.25) is 4.79 Å². The number of rotatable bonds is 5. The first-order chi connectivity index (χ1) is 9.45. The van der Waals surface area contributed by atoms with E-state index >= 15 is 0 Å². The number of aromatic carboxylic acids is 1. The Morgan fingerprint density at radius 1 is 1.40 bits per heavy atom. The molecule has 106 valence electrons. The fraction of sp³-hybridized carbons (Fsp3) is 0.308. The number of hydrogen-bond acceptors (Lipinski definition) is 5. The summed E-state index contributed by atoms with van der Waals surface area (Å²) in [6, 6.07) is 4.71. The number of aromatic nitrogens is 1. The maximum atomic E-state index is 11.7. The largest absolute Gasteiger partial charge is 0.478 e. The van der Waals surface area contributed by atoms with Crippen molar-refractivity contribution in [2.24, 2.45) is 0 Å². The summed E-state index contributed by atoms with van der Waals surface area (Å²) in [5, 5.41) is 12.2. The minimum atomic E-state index is -0.975. The lowest BCUT2D eigenvalue weighted by atomic mass is 10.2. The number of fused-ring (bicyclic) bond motifs is 1. The average Bonchev–Trinajstić information content (AvgIpc) is 2.77. The van der Waals surface area contributed by atoms with Crippen LogP contribution in [0.4, 0.5) is 5.13 Å². The van der Waals surface area contributed by atoms with Crippen LogP contribution in [-0.2, 0) is 4.79 Å². The van der Waals surface area contributed by atoms with Crippen LogP contribution in [-0.4, -0.2) is 47.5 Å². The Balaban J connectivity index is 2.11. The molecule has 2 aromatic rings. The van der Waals surface area contributed by atoms with Crippen LogP contribution >= 0.6 is 11.3 Å². The molecule has 0 saturated carbocycles. The summed E-state index contributed by atoms with van der Waals surface area (Å²) in [4.78, 5) is 28.8. The first kappa shape index (κ1) is 14.4. The van der Waals surface area contributed by atoms with Crippen LogP contribution in [0, 0.1) is 0 Å². The highest BCUT2D eigenvalue weighted by Crippen LogP contribution is 2.26. The molecule has 0 unspecified atom stereocenters. The maximum absolute atomic E-state index is 11.7. The van der Waals surface area contributed by atoms with Gasteiger partial charge in [0.05, 0.1) is 15.8 Å². The second kappa shape index (κ2) is 5.98. The van der Waals surface area contributed by atoms with Crippen molar-refractivity contribution in [2.45, 2.75) is 6.42 Å². The third kappa shape index (κ3) is 3.52. The normalized spacial score (nSPS) is 10.9. The van der Waals surface area contributed by atoms with E-state index in [0.29, 0.717) is 23.6 Å². The number of carbonyl (C=O) groups is 2. The number of anilines is 1. The number of hydrogen-bond donors (Lipinski definition) is 2. The summed E-state index contributed by atoms with van der Waals surface area (Å²) in [6.07, 6.45) is 0.392. The molecule has 1 amide bonds. The molecule has 0 atom stereocenters. The topological polar surface area (TPSA) is 82.5 Å². The van der Waals surface area contributed by atoms with Crippen LogP contribution in [0.2, 0.25) is 0 Å². The van der Waals surface area contributed by atoms with Crippen LogP contribution in [0.15, 0.2) is 18.2 Å². The Morgan fingerprint density at radius 3 is 2.80 bits per heavy atom. The number of thiazole rings is 1. The van der Waals surface area contributed by atoms with Gasteiger partial charge in [0.1, 0.15) is 0 Å². The van der Waals surface area contributed by atoms with E-state index in [0.717, 1.165) is 4.70 Å². The number of nitrogens with one attached hydrogen (secondary N) is 1. The van der Waals surface area contributed by atoms with Crippen molar-refractivity contribution in [3.63, 3.8) is 0 Å². The van der Waals surface area contributed by atoms with Crippen LogP contribution in [0.25, 0.3) is 10.2 Å². The van der Waals surface area contributed by atoms with Gasteiger partial charge in [0, 0.05) is 13.0 Å². The third-order valence-electron chi connectivity index (χ3n) is 2.67. The molecule has 0 aliphatic carbocycles. The second-order valence-corrected chi connectivity index (χ2v) is 5.64. The summed E-state index contributed by atoms with van der Waals surface area (Å²) in [5.41, 5.74) is 0.898. The molecule has 0 radical (unpaired) electrons. The molecule has 20 heavy (non-hydrogen) atoms. The summed E-state index contributed by atoms with van der Waals surface area (Å²) in [6.45, 7) is 0.667. The molecule has 0 fully saturated rings. The quantitative estimate of drug-likeness (QED) is 0.879. The molecule has 1 aromatic heterocycles. The summed E-state index contributed by atoms with van der Waals surface area (Å²) < 4.78 is 0.743. The number of carbonyl (C=O) groups excluding carboxylic acids is 1. The van der Waals surface area contributed by atoms with Gasteiger partial charge in [-0.15, -0.1) is 0 Å². The van der Waals surface area contributed by atoms with Gasteiger partial charge in [-0.05, 0) is 32.3 Å². The van der Waals surface area contributed by atoms with Crippen molar-refractivity contribution in [3.05, 3.63) is 23.8 Å². The van der Waals surface area contributed by atoms with Crippen molar-refractivity contribution >= 4 is 38.6 Å². The highest BCUT2D eigenvalue weighted by molar-refractivity contribution is 7.22. The summed E-state index contributed by atoms with van der Waals surface area (Å²) in [5.74, 6) is -1.08. The van der Waals surface area contributed by atoms with E-state index in [1.54, 1.807) is 12.1 Å². The molecule has 7 heteroatoms. The molecular weight excluding hydrogens is 278 g/mol. The Kier molecular flexibility index (Phi) is 4.31. The van der Waals surface area contributed by atoms with Crippen LogP contribution in [0.1, 0.15) is 16.8 Å². The fourth-order valence-electron chi connectivity index (χ4n) is 1.62. The van der Waals surface area contributed by atoms with Crippen molar-refractivity contribution in [3.8, 4) is 0 Å². The van der Waals surface area contributed by atoms with Gasteiger partial charge >= 0.3 is 5.97 Å². The van der Waals surface area contributed by atoms with E-state index in [1.807, 2.05) is 19.0 Å². The summed E-state index contributed by atoms with van der Waals surface area (Å²) >= 11 is 1.27. The SMILES string of the molecule is CN(C)CCC(=O)Nc1nc2ccc(C(=O)O)cc2s1. The molecule has 0 aliphatic heterocycles. The average molecular weight is 293 g/mol. The van der Waals surface area contributed by atoms with E-state index in [4.69, 9.17) is 5.11 Å². The van der Waals surface area contributed by atoms with Crippen molar-refractivity contribution in [1.29, 1.82) is 0 Å². The summed E-state index contributed by atoms with van der Waals surface area (Å²) in [7, 11) is 3.80. The van der Waals surface area contributed by atoms with E-state index in [2.05, 4.69) is 10.3 Å². The van der Waals surface area contributed by atoms with E-state index < -0.39 is 5.97 Å². The molecule has 1 heterocycles. The monoisotopic (exact) mass is 293 g/mol.